The monoisotopic (exact) mass is 435 g/mol. The van der Waals surface area contributed by atoms with E-state index >= 15 is 0 Å². The number of nitrogens with zero attached hydrogens (tertiary/aromatic N) is 1. The van der Waals surface area contributed by atoms with E-state index in [0.717, 1.165) is 4.57 Å². The Morgan fingerprint density at radius 2 is 1.61 bits per heavy atom. The molecule has 1 aromatic heterocycles. The van der Waals surface area contributed by atoms with E-state index in [9.17, 15) is 19.5 Å². The van der Waals surface area contributed by atoms with Crippen LogP contribution in [0.4, 0.5) is 0 Å². The standard InChI is InChI=1S/C21H25NO9/c1-11-6-14(23)19(21(27)22(11)10-17(24)25)13(9-18(26)30-4)12-7-15(28-2)20(31-5)16(8-12)29-3/h6-8,13,23H,9-10H2,1-5H3,(H,24,25)/t13-/m0/s1. The maximum Gasteiger partial charge on any atom is 0.323 e. The van der Waals surface area contributed by atoms with Gasteiger partial charge in [-0.25, -0.2) is 0 Å². The first-order valence-corrected chi connectivity index (χ1v) is 9.20. The van der Waals surface area contributed by atoms with Crippen LogP contribution in [0.1, 0.15) is 29.2 Å². The molecule has 1 aromatic carbocycles. The van der Waals surface area contributed by atoms with Crippen LogP contribution in [-0.4, -0.2) is 55.2 Å². The minimum absolute atomic E-state index is 0.147. The van der Waals surface area contributed by atoms with Crippen LogP contribution in [0.2, 0.25) is 0 Å². The van der Waals surface area contributed by atoms with Gasteiger partial charge >= 0.3 is 11.9 Å². The van der Waals surface area contributed by atoms with E-state index in [0.29, 0.717) is 11.3 Å². The number of methoxy groups -OCH3 is 4. The predicted octanol–water partition coefficient (Wildman–Crippen LogP) is 1.67. The Morgan fingerprint density at radius 3 is 2.06 bits per heavy atom. The van der Waals surface area contributed by atoms with Gasteiger partial charge < -0.3 is 33.7 Å². The van der Waals surface area contributed by atoms with E-state index in [1.165, 1.54) is 41.4 Å². The second kappa shape index (κ2) is 9.88. The Balaban J connectivity index is 2.82. The van der Waals surface area contributed by atoms with Crippen molar-refractivity contribution >= 4 is 11.9 Å². The summed E-state index contributed by atoms with van der Waals surface area (Å²) < 4.78 is 21.8. The summed E-state index contributed by atoms with van der Waals surface area (Å²) in [6.07, 6.45) is -0.298. The van der Waals surface area contributed by atoms with Gasteiger partial charge in [-0.1, -0.05) is 0 Å². The summed E-state index contributed by atoms with van der Waals surface area (Å²) in [5, 5.41) is 19.8. The van der Waals surface area contributed by atoms with E-state index in [-0.39, 0.29) is 34.9 Å². The first kappa shape index (κ1) is 23.6. The van der Waals surface area contributed by atoms with Gasteiger partial charge in [-0.3, -0.25) is 14.4 Å². The van der Waals surface area contributed by atoms with Gasteiger partial charge in [-0.05, 0) is 30.7 Å². The molecule has 0 bridgehead atoms. The molecule has 0 fully saturated rings. The fraction of sp³-hybridized carbons (Fsp3) is 0.381. The highest BCUT2D eigenvalue weighted by Crippen LogP contribution is 2.43. The molecular formula is C21H25NO9. The molecule has 0 amide bonds. The molecule has 0 spiro atoms. The van der Waals surface area contributed by atoms with Crippen LogP contribution in [0.5, 0.6) is 23.0 Å². The minimum Gasteiger partial charge on any atom is -0.507 e. The lowest BCUT2D eigenvalue weighted by Gasteiger charge is -2.22. The summed E-state index contributed by atoms with van der Waals surface area (Å²) in [7, 11) is 5.47. The van der Waals surface area contributed by atoms with Crippen molar-refractivity contribution in [3.8, 4) is 23.0 Å². The maximum absolute atomic E-state index is 13.2. The SMILES string of the molecule is COC(=O)C[C@@H](c1cc(OC)c(OC)c(OC)c1)c1c(O)cc(C)n(CC(=O)O)c1=O. The molecule has 0 aliphatic carbocycles. The Labute approximate surface area is 178 Å². The number of aliphatic carboxylic acids is 1. The van der Waals surface area contributed by atoms with E-state index in [1.54, 1.807) is 12.1 Å². The summed E-state index contributed by atoms with van der Waals surface area (Å²) in [4.78, 5) is 36.5. The van der Waals surface area contributed by atoms with Gasteiger partial charge in [0, 0.05) is 11.6 Å². The van der Waals surface area contributed by atoms with Gasteiger partial charge in [0.1, 0.15) is 12.3 Å². The Morgan fingerprint density at radius 1 is 1.03 bits per heavy atom. The molecule has 31 heavy (non-hydrogen) atoms. The first-order valence-electron chi connectivity index (χ1n) is 9.20. The van der Waals surface area contributed by atoms with Gasteiger partial charge in [0.2, 0.25) is 5.75 Å². The van der Waals surface area contributed by atoms with E-state index in [2.05, 4.69) is 0 Å². The maximum atomic E-state index is 13.2. The van der Waals surface area contributed by atoms with Gasteiger partial charge in [0.25, 0.3) is 5.56 Å². The molecule has 1 atom stereocenters. The number of ether oxygens (including phenoxy) is 4. The van der Waals surface area contributed by atoms with E-state index < -0.39 is 30.0 Å². The summed E-state index contributed by atoms with van der Waals surface area (Å²) in [5.74, 6) is -2.33. The number of hydrogen-bond donors (Lipinski definition) is 2. The number of carbonyl (C=O) groups excluding carboxylic acids is 1. The average molecular weight is 435 g/mol. The van der Waals surface area contributed by atoms with Crippen molar-refractivity contribution in [2.75, 3.05) is 28.4 Å². The van der Waals surface area contributed by atoms with Gasteiger partial charge in [-0.2, -0.15) is 0 Å². The summed E-state index contributed by atoms with van der Waals surface area (Å²) in [5.41, 5.74) is -0.220. The summed E-state index contributed by atoms with van der Waals surface area (Å²) >= 11 is 0. The predicted molar refractivity (Wildman–Crippen MR) is 109 cm³/mol. The van der Waals surface area contributed by atoms with Crippen LogP contribution in [-0.2, 0) is 20.9 Å². The largest absolute Gasteiger partial charge is 0.507 e. The number of hydrogen-bond acceptors (Lipinski definition) is 8. The van der Waals surface area contributed by atoms with Crippen LogP contribution in [0.25, 0.3) is 0 Å². The van der Waals surface area contributed by atoms with Crippen molar-refractivity contribution in [3.05, 3.63) is 45.4 Å². The molecule has 168 valence electrons. The molecular weight excluding hydrogens is 410 g/mol. The Kier molecular flexibility index (Phi) is 7.51. The molecule has 2 aromatic rings. The molecule has 10 nitrogen and oxygen atoms in total. The number of carboxylic acids is 1. The number of rotatable bonds is 9. The third kappa shape index (κ3) is 4.90. The van der Waals surface area contributed by atoms with Gasteiger partial charge in [-0.15, -0.1) is 0 Å². The zero-order chi connectivity index (χ0) is 23.3. The zero-order valence-electron chi connectivity index (χ0n) is 17.9. The summed E-state index contributed by atoms with van der Waals surface area (Å²) in [6.45, 7) is 0.904. The van der Waals surface area contributed by atoms with Crippen LogP contribution < -0.4 is 19.8 Å². The van der Waals surface area contributed by atoms with Crippen molar-refractivity contribution in [1.82, 2.24) is 4.57 Å². The lowest BCUT2D eigenvalue weighted by atomic mass is 9.87. The highest BCUT2D eigenvalue weighted by molar-refractivity contribution is 5.72. The van der Waals surface area contributed by atoms with Crippen molar-refractivity contribution < 1.29 is 38.7 Å². The van der Waals surface area contributed by atoms with E-state index in [4.69, 9.17) is 24.1 Å². The van der Waals surface area contributed by atoms with E-state index in [1.807, 2.05) is 0 Å². The number of esters is 1. The first-order chi connectivity index (χ1) is 14.7. The molecule has 0 saturated carbocycles. The van der Waals surface area contributed by atoms with Crippen LogP contribution in [0.3, 0.4) is 0 Å². The number of aryl methyl sites for hydroxylation is 1. The number of aromatic nitrogens is 1. The molecule has 1 heterocycles. The molecule has 0 aliphatic heterocycles. The highest BCUT2D eigenvalue weighted by Gasteiger charge is 2.29. The topological polar surface area (TPSA) is 134 Å². The fourth-order valence-electron chi connectivity index (χ4n) is 3.37. The fourth-order valence-corrected chi connectivity index (χ4v) is 3.37. The number of benzene rings is 1. The molecule has 0 radical (unpaired) electrons. The molecule has 2 rings (SSSR count). The third-order valence-electron chi connectivity index (χ3n) is 4.85. The third-order valence-corrected chi connectivity index (χ3v) is 4.85. The zero-order valence-corrected chi connectivity index (χ0v) is 17.9. The summed E-state index contributed by atoms with van der Waals surface area (Å²) in [6, 6.07) is 4.38. The van der Waals surface area contributed by atoms with Crippen LogP contribution in [0, 0.1) is 6.92 Å². The smallest absolute Gasteiger partial charge is 0.323 e. The molecule has 0 saturated heterocycles. The van der Waals surface area contributed by atoms with Crippen molar-refractivity contribution in [2.45, 2.75) is 25.8 Å². The average Bonchev–Trinajstić information content (AvgIpc) is 2.74. The van der Waals surface area contributed by atoms with Crippen LogP contribution in [0.15, 0.2) is 23.0 Å². The van der Waals surface area contributed by atoms with Crippen LogP contribution >= 0.6 is 0 Å². The lowest BCUT2D eigenvalue weighted by Crippen LogP contribution is -2.31. The lowest BCUT2D eigenvalue weighted by molar-refractivity contribution is -0.141. The normalized spacial score (nSPS) is 11.5. The Bertz CT molecular complexity index is 1020. The van der Waals surface area contributed by atoms with Crippen molar-refractivity contribution in [1.29, 1.82) is 0 Å². The second-order valence-corrected chi connectivity index (χ2v) is 6.66. The quantitative estimate of drug-likeness (QED) is 0.564. The van der Waals surface area contributed by atoms with Crippen molar-refractivity contribution in [3.63, 3.8) is 0 Å². The highest BCUT2D eigenvalue weighted by atomic mass is 16.5. The minimum atomic E-state index is -1.22. The Hall–Kier alpha value is -3.69. The van der Waals surface area contributed by atoms with Gasteiger partial charge in [0.15, 0.2) is 11.5 Å². The molecule has 0 unspecified atom stereocenters. The number of pyridine rings is 1. The molecule has 0 aliphatic rings. The molecule has 2 N–H and O–H groups in total. The number of aromatic hydroxyl groups is 1. The number of carbonyl (C=O) groups is 2. The second-order valence-electron chi connectivity index (χ2n) is 6.66. The van der Waals surface area contributed by atoms with Gasteiger partial charge in [0.05, 0.1) is 40.4 Å². The van der Waals surface area contributed by atoms with Crippen molar-refractivity contribution in [2.24, 2.45) is 0 Å². The number of carboxylic acid groups (broad SMARTS) is 1. The molecule has 10 heteroatoms.